The first kappa shape index (κ1) is 29.1. The number of amides is 1. The van der Waals surface area contributed by atoms with E-state index in [1.165, 1.54) is 23.0 Å². The van der Waals surface area contributed by atoms with Crippen LogP contribution < -0.4 is 10.9 Å². The fourth-order valence-corrected chi connectivity index (χ4v) is 5.28. The number of nitrogens with one attached hydrogen (secondary N) is 1. The van der Waals surface area contributed by atoms with Gasteiger partial charge in [-0.3, -0.25) is 24.3 Å². The van der Waals surface area contributed by atoms with Gasteiger partial charge in [-0.05, 0) is 54.2 Å². The lowest BCUT2D eigenvalue weighted by Crippen LogP contribution is -2.55. The van der Waals surface area contributed by atoms with Crippen molar-refractivity contribution < 1.29 is 23.5 Å². The molecule has 2 aromatic heterocycles. The maximum absolute atomic E-state index is 13.6. The number of halogens is 2. The number of hydrogen-bond acceptors (Lipinski definition) is 5. The molecule has 0 aliphatic carbocycles. The molecule has 1 unspecified atom stereocenters. The Balaban J connectivity index is 1.61. The number of alkyl halides is 2. The van der Waals surface area contributed by atoms with Gasteiger partial charge in [0.15, 0.2) is 0 Å². The molecule has 2 atom stereocenters. The molecule has 0 bridgehead atoms. The summed E-state index contributed by atoms with van der Waals surface area (Å²) in [5.41, 5.74) is 4.65. The summed E-state index contributed by atoms with van der Waals surface area (Å²) in [6.45, 7) is 5.38. The third kappa shape index (κ3) is 6.80. The van der Waals surface area contributed by atoms with Gasteiger partial charge < -0.3 is 15.0 Å². The zero-order valence-electron chi connectivity index (χ0n) is 22.9. The minimum Gasteiger partial charge on any atom is -0.481 e. The largest absolute Gasteiger partial charge is 0.481 e. The van der Waals surface area contributed by atoms with Crippen LogP contribution in [0.3, 0.4) is 0 Å². The monoisotopic (exact) mass is 552 g/mol. The second-order valence-electron chi connectivity index (χ2n) is 10.5. The van der Waals surface area contributed by atoms with Gasteiger partial charge in [-0.15, -0.1) is 0 Å². The van der Waals surface area contributed by atoms with E-state index in [9.17, 15) is 28.3 Å². The van der Waals surface area contributed by atoms with Crippen molar-refractivity contribution in [2.24, 2.45) is 0 Å². The number of pyridine rings is 2. The Morgan fingerprint density at radius 2 is 1.82 bits per heavy atom. The third-order valence-electron chi connectivity index (χ3n) is 7.14. The third-order valence-corrected chi connectivity index (χ3v) is 7.14. The summed E-state index contributed by atoms with van der Waals surface area (Å²) >= 11 is 0. The zero-order chi connectivity index (χ0) is 29.0. The number of rotatable bonds is 11. The highest BCUT2D eigenvalue weighted by Gasteiger charge is 2.43. The first-order valence-electron chi connectivity index (χ1n) is 13.3. The molecule has 1 amide bonds. The van der Waals surface area contributed by atoms with Crippen molar-refractivity contribution in [2.45, 2.75) is 64.6 Å². The van der Waals surface area contributed by atoms with Gasteiger partial charge in [-0.2, -0.15) is 0 Å². The minimum absolute atomic E-state index is 0.231. The van der Waals surface area contributed by atoms with Crippen LogP contribution in [0.25, 0.3) is 11.1 Å². The number of benzene rings is 1. The number of hydrogen-bond donors (Lipinski definition) is 2. The molecule has 3 aromatic rings. The van der Waals surface area contributed by atoms with Crippen molar-refractivity contribution in [3.05, 3.63) is 87.6 Å². The number of carboxylic acids is 1. The molecule has 3 heterocycles. The fourth-order valence-electron chi connectivity index (χ4n) is 5.28. The van der Waals surface area contributed by atoms with Crippen molar-refractivity contribution in [3.63, 3.8) is 0 Å². The molecule has 1 aromatic carbocycles. The van der Waals surface area contributed by atoms with Gasteiger partial charge in [0.1, 0.15) is 6.04 Å². The first-order valence-corrected chi connectivity index (χ1v) is 13.3. The van der Waals surface area contributed by atoms with Crippen LogP contribution in [0.1, 0.15) is 60.5 Å². The van der Waals surface area contributed by atoms with Crippen LogP contribution in [0.5, 0.6) is 0 Å². The lowest BCUT2D eigenvalue weighted by Gasteiger charge is -2.38. The predicted octanol–water partition coefficient (Wildman–Crippen LogP) is 4.65. The van der Waals surface area contributed by atoms with Gasteiger partial charge in [0.05, 0.1) is 25.6 Å². The molecule has 1 fully saturated rings. The fraction of sp³-hybridized carbons (Fsp3) is 0.400. The normalized spacial score (nSPS) is 16.1. The highest BCUT2D eigenvalue weighted by Crippen LogP contribution is 2.30. The summed E-state index contributed by atoms with van der Waals surface area (Å²) in [5.74, 6) is -4.30. The van der Waals surface area contributed by atoms with Gasteiger partial charge in [0, 0.05) is 36.8 Å². The molecule has 0 saturated carbocycles. The van der Waals surface area contributed by atoms with Crippen molar-refractivity contribution in [1.82, 2.24) is 19.8 Å². The summed E-state index contributed by atoms with van der Waals surface area (Å²) in [6, 6.07) is 8.89. The highest BCUT2D eigenvalue weighted by molar-refractivity contribution is 5.82. The molecule has 4 rings (SSSR count). The number of carboxylic acid groups (broad SMARTS) is 1. The van der Waals surface area contributed by atoms with E-state index in [1.807, 2.05) is 45.0 Å². The molecular formula is C30H34F2N4O4. The Kier molecular flexibility index (Phi) is 8.78. The molecule has 1 saturated heterocycles. The molecule has 10 heteroatoms. The lowest BCUT2D eigenvalue weighted by atomic mass is 9.94. The van der Waals surface area contributed by atoms with E-state index in [1.54, 1.807) is 17.2 Å². The molecule has 40 heavy (non-hydrogen) atoms. The van der Waals surface area contributed by atoms with Crippen molar-refractivity contribution in [2.75, 3.05) is 13.1 Å². The summed E-state index contributed by atoms with van der Waals surface area (Å²) < 4.78 is 27.9. The summed E-state index contributed by atoms with van der Waals surface area (Å²) in [4.78, 5) is 44.1. The van der Waals surface area contributed by atoms with E-state index >= 15 is 0 Å². The molecule has 0 spiro atoms. The standard InChI is InChI=1S/C30H34F2N4O4/c1-4-6-25(36-16-21(9-10-26(36)37)15-35-17-30(31,32)18-35)29(40)34-24(12-27(38)39)22-11-23(14-33-13-22)28-19(2)7-5-8-20(28)3/h5,7-11,13-14,16,24-25H,4,6,12,15,17-18H2,1-3H3,(H,34,40)(H,38,39)/t24-,25?/m0/s1. The second kappa shape index (κ2) is 12.1. The van der Waals surface area contributed by atoms with Crippen LogP contribution in [0, 0.1) is 13.8 Å². The van der Waals surface area contributed by atoms with E-state index < -0.39 is 35.4 Å². The Bertz CT molecular complexity index is 1430. The number of nitrogens with zero attached hydrogens (tertiary/aromatic N) is 3. The Labute approximate surface area is 231 Å². The number of aromatic nitrogens is 2. The smallest absolute Gasteiger partial charge is 0.305 e. The molecule has 8 nitrogen and oxygen atoms in total. The van der Waals surface area contributed by atoms with Crippen molar-refractivity contribution in [3.8, 4) is 11.1 Å². The van der Waals surface area contributed by atoms with E-state index in [0.717, 1.165) is 22.3 Å². The van der Waals surface area contributed by atoms with Gasteiger partial charge in [-0.25, -0.2) is 8.78 Å². The van der Waals surface area contributed by atoms with Crippen LogP contribution >= 0.6 is 0 Å². The highest BCUT2D eigenvalue weighted by atomic mass is 19.3. The zero-order valence-corrected chi connectivity index (χ0v) is 22.9. The molecule has 1 aliphatic rings. The number of carbonyl (C=O) groups excluding carboxylic acids is 1. The Hall–Kier alpha value is -3.92. The van der Waals surface area contributed by atoms with Crippen LogP contribution in [0.2, 0.25) is 0 Å². The summed E-state index contributed by atoms with van der Waals surface area (Å²) in [5, 5.41) is 12.5. The Morgan fingerprint density at radius 1 is 1.12 bits per heavy atom. The quantitative estimate of drug-likeness (QED) is 0.359. The topological polar surface area (TPSA) is 105 Å². The molecule has 2 N–H and O–H groups in total. The number of aliphatic carboxylic acids is 1. The van der Waals surface area contributed by atoms with Gasteiger partial charge in [0.25, 0.3) is 11.5 Å². The number of aryl methyl sites for hydroxylation is 2. The SMILES string of the molecule is CCCC(C(=O)N[C@@H](CC(=O)O)c1cncc(-c2c(C)cccc2C)c1)n1cc(CN2CC(F)(F)C2)ccc1=O. The molecule has 1 aliphatic heterocycles. The van der Waals surface area contributed by atoms with Crippen molar-refractivity contribution >= 4 is 11.9 Å². The molecule has 212 valence electrons. The number of likely N-dealkylation sites (tertiary alicyclic amines) is 1. The maximum Gasteiger partial charge on any atom is 0.305 e. The predicted molar refractivity (Wildman–Crippen MR) is 147 cm³/mol. The van der Waals surface area contributed by atoms with Crippen molar-refractivity contribution in [1.29, 1.82) is 0 Å². The molecular weight excluding hydrogens is 518 g/mol. The van der Waals surface area contributed by atoms with E-state index in [2.05, 4.69) is 10.3 Å². The maximum atomic E-state index is 13.6. The van der Waals surface area contributed by atoms with Gasteiger partial charge in [-0.1, -0.05) is 37.6 Å². The summed E-state index contributed by atoms with van der Waals surface area (Å²) in [7, 11) is 0. The lowest BCUT2D eigenvalue weighted by molar-refractivity contribution is -0.138. The average molecular weight is 553 g/mol. The average Bonchev–Trinajstić information content (AvgIpc) is 2.87. The van der Waals surface area contributed by atoms with Crippen LogP contribution in [0.15, 0.2) is 59.8 Å². The van der Waals surface area contributed by atoms with E-state index in [4.69, 9.17) is 0 Å². The number of carbonyl (C=O) groups is 2. The minimum atomic E-state index is -2.71. The van der Waals surface area contributed by atoms with Gasteiger partial charge in [0.2, 0.25) is 5.91 Å². The first-order chi connectivity index (χ1) is 19.0. The molecule has 0 radical (unpaired) electrons. The van der Waals surface area contributed by atoms with E-state index in [0.29, 0.717) is 24.0 Å². The van der Waals surface area contributed by atoms with Crippen LogP contribution in [-0.2, 0) is 16.1 Å². The summed E-state index contributed by atoms with van der Waals surface area (Å²) in [6.07, 6.45) is 5.32. The van der Waals surface area contributed by atoms with E-state index in [-0.39, 0.29) is 26.1 Å². The van der Waals surface area contributed by atoms with Crippen LogP contribution in [0.4, 0.5) is 8.78 Å². The second-order valence-corrected chi connectivity index (χ2v) is 10.5. The Morgan fingerprint density at radius 3 is 2.45 bits per heavy atom. The van der Waals surface area contributed by atoms with Crippen LogP contribution in [-0.4, -0.2) is 50.4 Å². The van der Waals surface area contributed by atoms with Gasteiger partial charge >= 0.3 is 5.97 Å².